The molecule has 4 N–H and O–H groups in total. The lowest BCUT2D eigenvalue weighted by atomic mass is 10.0. The monoisotopic (exact) mass is 420 g/mol. The van der Waals surface area contributed by atoms with Crippen molar-refractivity contribution in [1.29, 1.82) is 0 Å². The number of carbonyl (C=O) groups is 2. The summed E-state index contributed by atoms with van der Waals surface area (Å²) in [5, 5.41) is 20.2. The average molecular weight is 420 g/mol. The Morgan fingerprint density at radius 3 is 2.24 bits per heavy atom. The maximum Gasteiger partial charge on any atom is 0.267 e. The van der Waals surface area contributed by atoms with Crippen LogP contribution in [-0.4, -0.2) is 54.2 Å². The van der Waals surface area contributed by atoms with E-state index in [9.17, 15) is 18.0 Å². The third-order valence-corrected chi connectivity index (χ3v) is 6.45. The van der Waals surface area contributed by atoms with Gasteiger partial charge in [-0.2, -0.15) is 0 Å². The molecule has 0 saturated carbocycles. The van der Waals surface area contributed by atoms with E-state index in [0.29, 0.717) is 5.56 Å². The molecule has 29 heavy (non-hydrogen) atoms. The molecule has 9 heteroatoms. The number of carbonyl (C=O) groups excluding carboxylic acids is 2. The fraction of sp³-hybridized carbons (Fsp3) is 0.400. The summed E-state index contributed by atoms with van der Waals surface area (Å²) in [6.07, 6.45) is 0.939. The zero-order chi connectivity index (χ0) is 22.2. The van der Waals surface area contributed by atoms with E-state index in [-0.39, 0.29) is 18.1 Å². The first-order valence-corrected chi connectivity index (χ1v) is 10.5. The zero-order valence-electron chi connectivity index (χ0n) is 16.6. The lowest BCUT2D eigenvalue weighted by Crippen LogP contribution is -2.60. The van der Waals surface area contributed by atoms with Gasteiger partial charge < -0.3 is 10.4 Å². The minimum absolute atomic E-state index is 0.0517. The van der Waals surface area contributed by atoms with Crippen molar-refractivity contribution in [3.8, 4) is 23.7 Å². The number of benzene rings is 1. The van der Waals surface area contributed by atoms with Gasteiger partial charge in [0, 0.05) is 23.3 Å². The van der Waals surface area contributed by atoms with Gasteiger partial charge in [0.1, 0.15) is 6.04 Å². The van der Waals surface area contributed by atoms with Crippen LogP contribution in [0.15, 0.2) is 24.3 Å². The second-order valence-corrected chi connectivity index (χ2v) is 9.53. The molecule has 1 aromatic carbocycles. The second kappa shape index (κ2) is 10.1. The van der Waals surface area contributed by atoms with E-state index in [1.54, 1.807) is 19.1 Å². The van der Waals surface area contributed by atoms with Gasteiger partial charge in [-0.15, -0.1) is 0 Å². The van der Waals surface area contributed by atoms with Crippen molar-refractivity contribution < 1.29 is 28.3 Å². The highest BCUT2D eigenvalue weighted by atomic mass is 32.2. The van der Waals surface area contributed by atoms with Gasteiger partial charge in [0.2, 0.25) is 0 Å². The topological polar surface area (TPSA) is 133 Å². The van der Waals surface area contributed by atoms with Gasteiger partial charge in [-0.1, -0.05) is 11.8 Å². The standard InChI is InChI=1S/C20H24N2O6S/c1-14(13-23)7-5-6-8-15-9-11-16(12-10-15)18(24)21-17(19(25)22-26)20(2,3)29(4,27)28/h9-12,14,17,23,26H,13H2,1-4H3,(H,21,24)(H,22,25). The Balaban J connectivity index is 3.01. The molecule has 0 aliphatic rings. The predicted octanol–water partition coefficient (Wildman–Crippen LogP) is 0.0969. The quantitative estimate of drug-likeness (QED) is 0.293. The van der Waals surface area contributed by atoms with Gasteiger partial charge >= 0.3 is 0 Å². The maximum absolute atomic E-state index is 12.5. The van der Waals surface area contributed by atoms with E-state index in [1.165, 1.54) is 31.5 Å². The maximum atomic E-state index is 12.5. The van der Waals surface area contributed by atoms with E-state index in [0.717, 1.165) is 6.26 Å². The second-order valence-electron chi connectivity index (χ2n) is 6.94. The van der Waals surface area contributed by atoms with Crippen molar-refractivity contribution in [2.75, 3.05) is 12.9 Å². The molecule has 0 spiro atoms. The molecule has 0 aliphatic heterocycles. The fourth-order valence-corrected chi connectivity index (χ4v) is 2.66. The van der Waals surface area contributed by atoms with Crippen LogP contribution in [0.4, 0.5) is 0 Å². The molecule has 0 radical (unpaired) electrons. The number of hydrogen-bond donors (Lipinski definition) is 4. The normalized spacial score (nSPS) is 13.0. The van der Waals surface area contributed by atoms with Crippen molar-refractivity contribution >= 4 is 21.7 Å². The number of amides is 2. The van der Waals surface area contributed by atoms with Crippen LogP contribution < -0.4 is 10.8 Å². The van der Waals surface area contributed by atoms with E-state index >= 15 is 0 Å². The highest BCUT2D eigenvalue weighted by Crippen LogP contribution is 2.21. The van der Waals surface area contributed by atoms with E-state index in [2.05, 4.69) is 29.0 Å². The summed E-state index contributed by atoms with van der Waals surface area (Å²) in [4.78, 5) is 24.4. The summed E-state index contributed by atoms with van der Waals surface area (Å²) >= 11 is 0. The van der Waals surface area contributed by atoms with Crippen molar-refractivity contribution in [3.63, 3.8) is 0 Å². The number of aliphatic hydroxyl groups is 1. The van der Waals surface area contributed by atoms with Crippen molar-refractivity contribution in [1.82, 2.24) is 10.8 Å². The highest BCUT2D eigenvalue weighted by Gasteiger charge is 2.44. The van der Waals surface area contributed by atoms with Crippen LogP contribution in [0.25, 0.3) is 0 Å². The summed E-state index contributed by atoms with van der Waals surface area (Å²) in [5.74, 6) is 8.89. The first-order valence-electron chi connectivity index (χ1n) is 8.61. The molecule has 0 aliphatic carbocycles. The van der Waals surface area contributed by atoms with E-state index < -0.39 is 32.4 Å². The molecule has 2 amide bonds. The van der Waals surface area contributed by atoms with E-state index in [1.807, 2.05) is 0 Å². The molecule has 156 valence electrons. The van der Waals surface area contributed by atoms with Crippen molar-refractivity contribution in [2.24, 2.45) is 5.92 Å². The third-order valence-electron chi connectivity index (χ3n) is 4.31. The molecule has 0 aromatic heterocycles. The number of aliphatic hydroxyl groups excluding tert-OH is 1. The molecule has 0 saturated heterocycles. The number of nitrogens with one attached hydrogen (secondary N) is 2. The van der Waals surface area contributed by atoms with Gasteiger partial charge in [-0.05, 0) is 56.9 Å². The number of hydrogen-bond acceptors (Lipinski definition) is 6. The van der Waals surface area contributed by atoms with Gasteiger partial charge in [0.15, 0.2) is 9.84 Å². The van der Waals surface area contributed by atoms with Crippen LogP contribution in [0, 0.1) is 29.6 Å². The first kappa shape index (κ1) is 24.2. The van der Waals surface area contributed by atoms with Gasteiger partial charge in [0.05, 0.1) is 11.4 Å². The molecule has 0 bridgehead atoms. The SMILES string of the molecule is CC(C#CC#Cc1ccc(C(=O)NC(C(=O)NO)C(C)(C)S(C)(=O)=O)cc1)CO. The van der Waals surface area contributed by atoms with Gasteiger partial charge in [-0.3, -0.25) is 14.8 Å². The Labute approximate surface area is 170 Å². The van der Waals surface area contributed by atoms with Crippen LogP contribution in [0.2, 0.25) is 0 Å². The Morgan fingerprint density at radius 1 is 1.17 bits per heavy atom. The first-order chi connectivity index (χ1) is 13.4. The summed E-state index contributed by atoms with van der Waals surface area (Å²) in [6.45, 7) is 4.27. The Bertz CT molecular complexity index is 976. The third kappa shape index (κ3) is 6.61. The molecule has 2 atom stereocenters. The smallest absolute Gasteiger partial charge is 0.267 e. The molecular weight excluding hydrogens is 396 g/mol. The largest absolute Gasteiger partial charge is 0.395 e. The van der Waals surface area contributed by atoms with Crippen LogP contribution in [0.3, 0.4) is 0 Å². The van der Waals surface area contributed by atoms with Crippen LogP contribution in [-0.2, 0) is 14.6 Å². The molecular formula is C20H24N2O6S. The Morgan fingerprint density at radius 2 is 1.76 bits per heavy atom. The average Bonchev–Trinajstić information content (AvgIpc) is 2.67. The molecule has 1 aromatic rings. The number of rotatable bonds is 6. The van der Waals surface area contributed by atoms with E-state index in [4.69, 9.17) is 10.3 Å². The summed E-state index contributed by atoms with van der Waals surface area (Å²) < 4.78 is 22.4. The highest BCUT2D eigenvalue weighted by molar-refractivity contribution is 7.92. The summed E-state index contributed by atoms with van der Waals surface area (Å²) in [6, 6.07) is 4.55. The van der Waals surface area contributed by atoms with Crippen LogP contribution >= 0.6 is 0 Å². The Kier molecular flexibility index (Phi) is 8.41. The summed E-state index contributed by atoms with van der Waals surface area (Å²) in [5.41, 5.74) is 2.15. The van der Waals surface area contributed by atoms with Crippen molar-refractivity contribution in [3.05, 3.63) is 35.4 Å². The molecule has 0 fully saturated rings. The molecule has 2 unspecified atom stereocenters. The van der Waals surface area contributed by atoms with Crippen LogP contribution in [0.5, 0.6) is 0 Å². The predicted molar refractivity (Wildman–Crippen MR) is 107 cm³/mol. The van der Waals surface area contributed by atoms with Gasteiger partial charge in [-0.25, -0.2) is 13.9 Å². The Hall–Kier alpha value is -2.85. The van der Waals surface area contributed by atoms with Crippen molar-refractivity contribution in [2.45, 2.75) is 31.6 Å². The summed E-state index contributed by atoms with van der Waals surface area (Å²) in [7, 11) is -3.75. The number of hydroxylamine groups is 1. The van der Waals surface area contributed by atoms with Gasteiger partial charge in [0.25, 0.3) is 11.8 Å². The minimum Gasteiger partial charge on any atom is -0.395 e. The molecule has 1 rings (SSSR count). The lowest BCUT2D eigenvalue weighted by molar-refractivity contribution is -0.131. The number of sulfone groups is 1. The fourth-order valence-electron chi connectivity index (χ4n) is 2.06. The lowest BCUT2D eigenvalue weighted by Gasteiger charge is -2.31. The van der Waals surface area contributed by atoms with Crippen LogP contribution in [0.1, 0.15) is 36.7 Å². The molecule has 0 heterocycles. The minimum atomic E-state index is -3.75. The molecule has 8 nitrogen and oxygen atoms in total. The zero-order valence-corrected chi connectivity index (χ0v) is 17.4.